The molecule has 0 saturated carbocycles. The van der Waals surface area contributed by atoms with Gasteiger partial charge in [0, 0.05) is 24.3 Å². The average molecular weight is 315 g/mol. The maximum Gasteiger partial charge on any atom is 0.0992 e. The van der Waals surface area contributed by atoms with Gasteiger partial charge in [-0.1, -0.05) is 30.3 Å². The van der Waals surface area contributed by atoms with Crippen molar-refractivity contribution in [2.24, 2.45) is 0 Å². The highest BCUT2D eigenvalue weighted by Crippen LogP contribution is 2.24. The third kappa shape index (κ3) is 4.21. The van der Waals surface area contributed by atoms with E-state index in [2.05, 4.69) is 44.3 Å². The number of hydrogen-bond donors (Lipinski definition) is 2. The van der Waals surface area contributed by atoms with Crippen LogP contribution in [0, 0.1) is 6.92 Å². The summed E-state index contributed by atoms with van der Waals surface area (Å²) in [6.45, 7) is 12.9. The molecule has 0 saturated heterocycles. The van der Waals surface area contributed by atoms with E-state index in [1.165, 1.54) is 5.56 Å². The molecule has 0 aliphatic carbocycles. The summed E-state index contributed by atoms with van der Waals surface area (Å²) in [5.41, 5.74) is 2.19. The lowest BCUT2D eigenvalue weighted by atomic mass is 9.95. The molecule has 0 radical (unpaired) electrons. The van der Waals surface area contributed by atoms with Crippen molar-refractivity contribution in [3.05, 3.63) is 53.3 Å². The summed E-state index contributed by atoms with van der Waals surface area (Å²) in [6, 6.07) is 9.89. The van der Waals surface area contributed by atoms with Crippen LogP contribution < -0.4 is 5.32 Å². The maximum atomic E-state index is 10.7. The van der Waals surface area contributed by atoms with Crippen molar-refractivity contribution < 1.29 is 5.11 Å². The zero-order chi connectivity index (χ0) is 17.3. The molecule has 1 aromatic carbocycles. The van der Waals surface area contributed by atoms with Crippen molar-refractivity contribution in [1.29, 1.82) is 0 Å². The maximum absolute atomic E-state index is 10.7. The summed E-state index contributed by atoms with van der Waals surface area (Å²) < 4.78 is 2.01. The molecule has 4 nitrogen and oxygen atoms in total. The summed E-state index contributed by atoms with van der Waals surface area (Å²) in [5, 5.41) is 18.8. The highest BCUT2D eigenvalue weighted by Gasteiger charge is 2.25. The Morgan fingerprint density at radius 1 is 1.17 bits per heavy atom. The number of aliphatic hydroxyl groups is 1. The highest BCUT2D eigenvalue weighted by atomic mass is 16.3. The molecule has 0 amide bonds. The molecular formula is C19H29N3O. The Kier molecular flexibility index (Phi) is 4.97. The van der Waals surface area contributed by atoms with E-state index in [9.17, 15) is 5.11 Å². The molecule has 0 aliphatic rings. The van der Waals surface area contributed by atoms with Gasteiger partial charge in [-0.2, -0.15) is 5.10 Å². The molecule has 23 heavy (non-hydrogen) atoms. The molecule has 1 heterocycles. The van der Waals surface area contributed by atoms with Crippen molar-refractivity contribution in [2.75, 3.05) is 6.54 Å². The van der Waals surface area contributed by atoms with Crippen molar-refractivity contribution in [3.63, 3.8) is 0 Å². The van der Waals surface area contributed by atoms with Gasteiger partial charge in [-0.05, 0) is 47.1 Å². The Hall–Kier alpha value is -1.65. The van der Waals surface area contributed by atoms with E-state index in [1.54, 1.807) is 0 Å². The first-order chi connectivity index (χ1) is 10.6. The standard InChI is InChI=1S/C19H29N3O/c1-14(17-12-22(18(3,4)5)21-15(17)2)20-13-19(6,23)16-10-8-7-9-11-16/h7-12,14,20,23H,13H2,1-6H3. The molecule has 0 aliphatic heterocycles. The fraction of sp³-hybridized carbons (Fsp3) is 0.526. The predicted molar refractivity (Wildman–Crippen MR) is 94.4 cm³/mol. The van der Waals surface area contributed by atoms with Gasteiger partial charge in [-0.15, -0.1) is 0 Å². The van der Waals surface area contributed by atoms with Gasteiger partial charge in [0.25, 0.3) is 0 Å². The molecular weight excluding hydrogens is 286 g/mol. The van der Waals surface area contributed by atoms with Gasteiger partial charge in [0.1, 0.15) is 0 Å². The number of rotatable bonds is 5. The van der Waals surface area contributed by atoms with Gasteiger partial charge in [0.2, 0.25) is 0 Å². The van der Waals surface area contributed by atoms with Gasteiger partial charge in [0.05, 0.1) is 16.8 Å². The second kappa shape index (κ2) is 6.46. The summed E-state index contributed by atoms with van der Waals surface area (Å²) in [5.74, 6) is 0. The number of hydrogen-bond acceptors (Lipinski definition) is 3. The Balaban J connectivity index is 2.08. The molecule has 2 atom stereocenters. The quantitative estimate of drug-likeness (QED) is 0.888. The first-order valence-electron chi connectivity index (χ1n) is 8.19. The number of nitrogens with zero attached hydrogens (tertiary/aromatic N) is 2. The molecule has 4 heteroatoms. The minimum absolute atomic E-state index is 0.0295. The van der Waals surface area contributed by atoms with Crippen LogP contribution in [0.1, 0.15) is 57.5 Å². The summed E-state index contributed by atoms with van der Waals surface area (Å²) in [6.07, 6.45) is 2.10. The smallest absolute Gasteiger partial charge is 0.0992 e. The van der Waals surface area contributed by atoms with E-state index in [1.807, 2.05) is 48.9 Å². The normalized spacial score (nSPS) is 16.1. The van der Waals surface area contributed by atoms with Crippen molar-refractivity contribution in [2.45, 2.75) is 58.7 Å². The Morgan fingerprint density at radius 3 is 2.30 bits per heavy atom. The Bertz CT molecular complexity index is 638. The third-order valence-corrected chi connectivity index (χ3v) is 4.24. The first-order valence-corrected chi connectivity index (χ1v) is 8.19. The lowest BCUT2D eigenvalue weighted by molar-refractivity contribution is 0.0543. The van der Waals surface area contributed by atoms with Crippen molar-refractivity contribution in [1.82, 2.24) is 15.1 Å². The largest absolute Gasteiger partial charge is 0.384 e. The number of aromatic nitrogens is 2. The highest BCUT2D eigenvalue weighted by molar-refractivity contribution is 5.23. The van der Waals surface area contributed by atoms with Crippen LogP contribution in [0.25, 0.3) is 0 Å². The van der Waals surface area contributed by atoms with Crippen molar-refractivity contribution in [3.8, 4) is 0 Å². The van der Waals surface area contributed by atoms with Crippen LogP contribution in [0.5, 0.6) is 0 Å². The van der Waals surface area contributed by atoms with Gasteiger partial charge in [0.15, 0.2) is 0 Å². The molecule has 0 fully saturated rings. The second-order valence-corrected chi connectivity index (χ2v) is 7.53. The van der Waals surface area contributed by atoms with E-state index in [0.717, 1.165) is 11.3 Å². The zero-order valence-electron chi connectivity index (χ0n) is 15.1. The van der Waals surface area contributed by atoms with Crippen LogP contribution in [0.3, 0.4) is 0 Å². The molecule has 2 aromatic rings. The Labute approximate surface area is 139 Å². The SMILES string of the molecule is Cc1nn(C(C)(C)C)cc1C(C)NCC(C)(O)c1ccccc1. The summed E-state index contributed by atoms with van der Waals surface area (Å²) >= 11 is 0. The minimum atomic E-state index is -0.899. The van der Waals surface area contributed by atoms with E-state index in [0.29, 0.717) is 6.54 Å². The number of aryl methyl sites for hydroxylation is 1. The molecule has 2 rings (SSSR count). The van der Waals surface area contributed by atoms with E-state index in [4.69, 9.17) is 0 Å². The van der Waals surface area contributed by atoms with E-state index >= 15 is 0 Å². The monoisotopic (exact) mass is 315 g/mol. The first kappa shape index (κ1) is 17.7. The van der Waals surface area contributed by atoms with E-state index < -0.39 is 5.60 Å². The third-order valence-electron chi connectivity index (χ3n) is 4.24. The van der Waals surface area contributed by atoms with Crippen LogP contribution in [0.15, 0.2) is 36.5 Å². The minimum Gasteiger partial charge on any atom is -0.384 e. The topological polar surface area (TPSA) is 50.1 Å². The van der Waals surface area contributed by atoms with Gasteiger partial charge < -0.3 is 10.4 Å². The van der Waals surface area contributed by atoms with E-state index in [-0.39, 0.29) is 11.6 Å². The lowest BCUT2D eigenvalue weighted by Crippen LogP contribution is -2.36. The predicted octanol–water partition coefficient (Wildman–Crippen LogP) is 3.50. The number of nitrogens with one attached hydrogen (secondary N) is 1. The van der Waals surface area contributed by atoms with Gasteiger partial charge in [-0.3, -0.25) is 4.68 Å². The molecule has 1 aromatic heterocycles. The zero-order valence-corrected chi connectivity index (χ0v) is 15.1. The fourth-order valence-corrected chi connectivity index (χ4v) is 2.60. The van der Waals surface area contributed by atoms with Crippen molar-refractivity contribution >= 4 is 0 Å². The molecule has 2 unspecified atom stereocenters. The van der Waals surface area contributed by atoms with Crippen LogP contribution in [-0.2, 0) is 11.1 Å². The number of benzene rings is 1. The average Bonchev–Trinajstić information content (AvgIpc) is 2.88. The summed E-state index contributed by atoms with van der Waals surface area (Å²) in [4.78, 5) is 0. The molecule has 2 N–H and O–H groups in total. The Morgan fingerprint density at radius 2 is 1.78 bits per heavy atom. The van der Waals surface area contributed by atoms with Crippen LogP contribution in [-0.4, -0.2) is 21.4 Å². The molecule has 126 valence electrons. The van der Waals surface area contributed by atoms with Crippen LogP contribution in [0.4, 0.5) is 0 Å². The summed E-state index contributed by atoms with van der Waals surface area (Å²) in [7, 11) is 0. The van der Waals surface area contributed by atoms with Crippen LogP contribution >= 0.6 is 0 Å². The fourth-order valence-electron chi connectivity index (χ4n) is 2.60. The van der Waals surface area contributed by atoms with Gasteiger partial charge >= 0.3 is 0 Å². The lowest BCUT2D eigenvalue weighted by Gasteiger charge is -2.26. The molecule has 0 bridgehead atoms. The molecule has 0 spiro atoms. The van der Waals surface area contributed by atoms with Gasteiger partial charge in [-0.25, -0.2) is 0 Å². The van der Waals surface area contributed by atoms with Crippen LogP contribution in [0.2, 0.25) is 0 Å². The second-order valence-electron chi connectivity index (χ2n) is 7.53.